The zero-order chi connectivity index (χ0) is 24.6. The molecule has 3 heterocycles. The number of carbonyl (C=O) groups excluding carboxylic acids is 1. The second kappa shape index (κ2) is 12.4. The van der Waals surface area contributed by atoms with Gasteiger partial charge in [0.05, 0.1) is 38.1 Å². The van der Waals surface area contributed by atoms with Gasteiger partial charge in [0.2, 0.25) is 5.91 Å². The third kappa shape index (κ3) is 6.95. The number of aryl methyl sites for hydroxylation is 1. The molecule has 1 aromatic carbocycles. The molecule has 188 valence electrons. The fourth-order valence-corrected chi connectivity index (χ4v) is 5.31. The van der Waals surface area contributed by atoms with Gasteiger partial charge in [-0.25, -0.2) is 0 Å². The Bertz CT molecular complexity index is 1050. The summed E-state index contributed by atoms with van der Waals surface area (Å²) in [7, 11) is 0. The first-order valence-electron chi connectivity index (χ1n) is 12.1. The molecule has 35 heavy (non-hydrogen) atoms. The molecule has 1 N–H and O–H groups in total. The van der Waals surface area contributed by atoms with Gasteiger partial charge in [-0.2, -0.15) is 0 Å². The third-order valence-electron chi connectivity index (χ3n) is 6.15. The van der Waals surface area contributed by atoms with Crippen molar-refractivity contribution in [3.8, 4) is 5.75 Å². The first-order chi connectivity index (χ1) is 17.0. The number of amides is 1. The zero-order valence-electron chi connectivity index (χ0n) is 20.4. The molecule has 0 spiro atoms. The molecule has 2 aromatic heterocycles. The lowest BCUT2D eigenvalue weighted by molar-refractivity contribution is -0.136. The molecule has 0 fully saturated rings. The van der Waals surface area contributed by atoms with Gasteiger partial charge in [0.15, 0.2) is 0 Å². The monoisotopic (exact) mass is 498 g/mol. The number of rotatable bonds is 12. The van der Waals surface area contributed by atoms with Gasteiger partial charge in [0.1, 0.15) is 18.1 Å². The predicted octanol–water partition coefficient (Wildman–Crippen LogP) is 4.05. The molecule has 1 aliphatic rings. The largest absolute Gasteiger partial charge is 0.491 e. The van der Waals surface area contributed by atoms with Gasteiger partial charge >= 0.3 is 0 Å². The van der Waals surface area contributed by atoms with E-state index in [-0.39, 0.29) is 25.1 Å². The van der Waals surface area contributed by atoms with Crippen LogP contribution in [0.5, 0.6) is 5.75 Å². The summed E-state index contributed by atoms with van der Waals surface area (Å²) < 4.78 is 17.0. The van der Waals surface area contributed by atoms with Gasteiger partial charge in [0, 0.05) is 24.6 Å². The van der Waals surface area contributed by atoms with Gasteiger partial charge in [-0.05, 0) is 61.5 Å². The number of aliphatic hydroxyl groups excluding tert-OH is 1. The number of furan rings is 1. The van der Waals surface area contributed by atoms with E-state index in [2.05, 4.69) is 11.4 Å². The predicted molar refractivity (Wildman–Crippen MR) is 136 cm³/mol. The van der Waals surface area contributed by atoms with Crippen molar-refractivity contribution < 1.29 is 23.8 Å². The molecule has 0 saturated carbocycles. The van der Waals surface area contributed by atoms with Gasteiger partial charge in [-0.15, -0.1) is 11.3 Å². The lowest BCUT2D eigenvalue weighted by atomic mass is 10.0. The smallest absolute Gasteiger partial charge is 0.237 e. The molecule has 0 radical (unpaired) electrons. The van der Waals surface area contributed by atoms with E-state index in [1.165, 1.54) is 10.4 Å². The average molecular weight is 499 g/mol. The van der Waals surface area contributed by atoms with Crippen LogP contribution in [0.25, 0.3) is 0 Å². The van der Waals surface area contributed by atoms with Crippen LogP contribution in [0, 0.1) is 6.92 Å². The summed E-state index contributed by atoms with van der Waals surface area (Å²) >= 11 is 1.74. The topological polar surface area (TPSA) is 75.4 Å². The molecule has 0 bridgehead atoms. The Balaban J connectivity index is 1.47. The van der Waals surface area contributed by atoms with Crippen molar-refractivity contribution in [2.45, 2.75) is 39.0 Å². The van der Waals surface area contributed by atoms with E-state index in [1.807, 2.05) is 60.0 Å². The van der Waals surface area contributed by atoms with Crippen molar-refractivity contribution in [1.82, 2.24) is 9.80 Å². The molecule has 2 atom stereocenters. The maximum Gasteiger partial charge on any atom is 0.237 e. The first kappa shape index (κ1) is 25.4. The van der Waals surface area contributed by atoms with Crippen LogP contribution < -0.4 is 4.74 Å². The van der Waals surface area contributed by atoms with Crippen molar-refractivity contribution in [2.75, 3.05) is 39.5 Å². The fraction of sp³-hybridized carbons (Fsp3) is 0.444. The van der Waals surface area contributed by atoms with Crippen LogP contribution in [0.2, 0.25) is 0 Å². The van der Waals surface area contributed by atoms with E-state index in [0.717, 1.165) is 23.5 Å². The van der Waals surface area contributed by atoms with E-state index in [9.17, 15) is 9.90 Å². The number of nitrogens with zero attached hydrogens (tertiary/aromatic N) is 2. The summed E-state index contributed by atoms with van der Waals surface area (Å²) in [6, 6.07) is 13.6. The number of benzene rings is 1. The van der Waals surface area contributed by atoms with E-state index in [4.69, 9.17) is 13.9 Å². The van der Waals surface area contributed by atoms with E-state index in [1.54, 1.807) is 17.6 Å². The molecule has 1 aliphatic heterocycles. The van der Waals surface area contributed by atoms with Crippen LogP contribution in [0.4, 0.5) is 0 Å². The molecule has 0 saturated heterocycles. The summed E-state index contributed by atoms with van der Waals surface area (Å²) in [4.78, 5) is 18.8. The minimum Gasteiger partial charge on any atom is -0.491 e. The molecule has 1 amide bonds. The summed E-state index contributed by atoms with van der Waals surface area (Å²) in [6.07, 6.45) is 1.76. The number of aliphatic hydroxyl groups is 1. The summed E-state index contributed by atoms with van der Waals surface area (Å²) in [6.45, 7) is 6.66. The Morgan fingerprint density at radius 3 is 2.86 bits per heavy atom. The van der Waals surface area contributed by atoms with Crippen LogP contribution in [0.1, 0.15) is 34.7 Å². The van der Waals surface area contributed by atoms with Crippen LogP contribution in [-0.2, 0) is 22.5 Å². The third-order valence-corrected chi connectivity index (χ3v) is 7.14. The molecular formula is C27H34N2O5S. The number of hydrogen-bond donors (Lipinski definition) is 1. The molecule has 3 aromatic rings. The van der Waals surface area contributed by atoms with Gasteiger partial charge in [0.25, 0.3) is 0 Å². The molecule has 8 heteroatoms. The Morgan fingerprint density at radius 1 is 1.29 bits per heavy atom. The maximum atomic E-state index is 13.6. The second-order valence-corrected chi connectivity index (χ2v) is 9.84. The highest BCUT2D eigenvalue weighted by Gasteiger charge is 2.33. The highest BCUT2D eigenvalue weighted by Crippen LogP contribution is 2.34. The lowest BCUT2D eigenvalue weighted by Gasteiger charge is -2.37. The maximum absolute atomic E-state index is 13.6. The van der Waals surface area contributed by atoms with Crippen molar-refractivity contribution in [3.05, 3.63) is 75.9 Å². The second-order valence-electron chi connectivity index (χ2n) is 8.84. The Morgan fingerprint density at radius 2 is 2.11 bits per heavy atom. The van der Waals surface area contributed by atoms with E-state index < -0.39 is 6.10 Å². The number of fused-ring (bicyclic) bond motifs is 1. The fourth-order valence-electron chi connectivity index (χ4n) is 4.38. The van der Waals surface area contributed by atoms with Crippen LogP contribution in [0.15, 0.2) is 58.5 Å². The molecule has 0 aliphatic carbocycles. The standard InChI is InChI=1S/C27H34N2O5S/c1-3-32-18-21(30)15-28(16-23-5-4-13-33-23)17-27(31)29-12-10-26-24(11-14-35-26)25(29)19-34-22-8-6-20(2)7-9-22/h4-9,11,13-14,21,25,30H,3,10,12,15-19H2,1-2H3. The molecule has 2 unspecified atom stereocenters. The number of carbonyl (C=O) groups is 1. The van der Waals surface area contributed by atoms with Gasteiger partial charge in [-0.3, -0.25) is 9.69 Å². The number of thiophene rings is 1. The molecular weight excluding hydrogens is 464 g/mol. The van der Waals surface area contributed by atoms with Crippen molar-refractivity contribution in [1.29, 1.82) is 0 Å². The lowest BCUT2D eigenvalue weighted by Crippen LogP contribution is -2.47. The van der Waals surface area contributed by atoms with Crippen molar-refractivity contribution in [3.63, 3.8) is 0 Å². The van der Waals surface area contributed by atoms with E-state index in [0.29, 0.717) is 32.8 Å². The zero-order valence-corrected chi connectivity index (χ0v) is 21.2. The Labute approximate surface area is 210 Å². The molecule has 7 nitrogen and oxygen atoms in total. The highest BCUT2D eigenvalue weighted by molar-refractivity contribution is 7.10. The van der Waals surface area contributed by atoms with Crippen molar-refractivity contribution in [2.24, 2.45) is 0 Å². The molecule has 4 rings (SSSR count). The van der Waals surface area contributed by atoms with Crippen molar-refractivity contribution >= 4 is 17.2 Å². The highest BCUT2D eigenvalue weighted by atomic mass is 32.1. The number of hydrogen-bond acceptors (Lipinski definition) is 7. The minimum absolute atomic E-state index is 0.00882. The SMILES string of the molecule is CCOCC(O)CN(CC(=O)N1CCc2sccc2C1COc1ccc(C)cc1)Cc1ccco1. The van der Waals surface area contributed by atoms with Gasteiger partial charge < -0.3 is 23.9 Å². The van der Waals surface area contributed by atoms with Crippen LogP contribution >= 0.6 is 11.3 Å². The Kier molecular flexibility index (Phi) is 8.98. The van der Waals surface area contributed by atoms with Gasteiger partial charge in [-0.1, -0.05) is 17.7 Å². The minimum atomic E-state index is -0.691. The average Bonchev–Trinajstić information content (AvgIpc) is 3.54. The van der Waals surface area contributed by atoms with Crippen LogP contribution in [0.3, 0.4) is 0 Å². The summed E-state index contributed by atoms with van der Waals surface area (Å²) in [5, 5.41) is 12.5. The Hall–Kier alpha value is -2.65. The van der Waals surface area contributed by atoms with E-state index >= 15 is 0 Å². The summed E-state index contributed by atoms with van der Waals surface area (Å²) in [5.74, 6) is 1.55. The first-order valence-corrected chi connectivity index (χ1v) is 13.0. The summed E-state index contributed by atoms with van der Waals surface area (Å²) in [5.41, 5.74) is 2.34. The normalized spacial score (nSPS) is 16.3. The quantitative estimate of drug-likeness (QED) is 0.406. The number of ether oxygens (including phenoxy) is 2. The van der Waals surface area contributed by atoms with Crippen LogP contribution in [-0.4, -0.2) is 66.4 Å².